The van der Waals surface area contributed by atoms with Crippen molar-refractivity contribution in [2.24, 2.45) is 0 Å². The Kier molecular flexibility index (Phi) is 2.92. The van der Waals surface area contributed by atoms with E-state index < -0.39 is 0 Å². The number of rotatable bonds is 2. The van der Waals surface area contributed by atoms with Crippen molar-refractivity contribution in [1.82, 2.24) is 0 Å². The van der Waals surface area contributed by atoms with Crippen LogP contribution in [0.2, 0.25) is 0 Å². The molecular formula is C11H18. The predicted molar refractivity (Wildman–Crippen MR) is 50.6 cm³/mol. The van der Waals surface area contributed by atoms with Gasteiger partial charge in [-0.15, -0.1) is 0 Å². The molecule has 62 valence electrons. The van der Waals surface area contributed by atoms with Gasteiger partial charge in [-0.3, -0.25) is 0 Å². The first-order valence-corrected chi connectivity index (χ1v) is 4.65. The second kappa shape index (κ2) is 3.75. The van der Waals surface area contributed by atoms with Crippen molar-refractivity contribution < 1.29 is 0 Å². The average molecular weight is 150 g/mol. The van der Waals surface area contributed by atoms with Crippen molar-refractivity contribution in [1.29, 1.82) is 0 Å². The van der Waals surface area contributed by atoms with Gasteiger partial charge in [0, 0.05) is 0 Å². The maximum Gasteiger partial charge on any atom is -0.0103 e. The standard InChI is InChI=1S/C11H18/c1-4-9-7-10(5-2)11(6-3)8-9/h4H,5-8H2,1-3H3. The topological polar surface area (TPSA) is 0 Å². The molecule has 0 aromatic carbocycles. The van der Waals surface area contributed by atoms with E-state index in [1.165, 1.54) is 25.7 Å². The Bertz CT molecular complexity index is 176. The van der Waals surface area contributed by atoms with Crippen molar-refractivity contribution in [2.45, 2.75) is 46.5 Å². The summed E-state index contributed by atoms with van der Waals surface area (Å²) >= 11 is 0. The highest BCUT2D eigenvalue weighted by Crippen LogP contribution is 2.34. The highest BCUT2D eigenvalue weighted by Gasteiger charge is 2.14. The fraction of sp³-hybridized carbons (Fsp3) is 0.636. The van der Waals surface area contributed by atoms with E-state index in [2.05, 4.69) is 26.8 Å². The summed E-state index contributed by atoms with van der Waals surface area (Å²) in [6.45, 7) is 6.69. The summed E-state index contributed by atoms with van der Waals surface area (Å²) in [6.07, 6.45) is 7.30. The van der Waals surface area contributed by atoms with Crippen LogP contribution in [-0.4, -0.2) is 0 Å². The van der Waals surface area contributed by atoms with Crippen LogP contribution in [0.25, 0.3) is 0 Å². The summed E-state index contributed by atoms with van der Waals surface area (Å²) in [5.74, 6) is 0. The lowest BCUT2D eigenvalue weighted by Gasteiger charge is -1.98. The van der Waals surface area contributed by atoms with Gasteiger partial charge in [0.25, 0.3) is 0 Å². The zero-order valence-electron chi connectivity index (χ0n) is 7.91. The monoisotopic (exact) mass is 150 g/mol. The van der Waals surface area contributed by atoms with E-state index in [1.54, 1.807) is 16.7 Å². The molecule has 1 rings (SSSR count). The largest absolute Gasteiger partial charge is 0.0878 e. The Hall–Kier alpha value is -0.520. The first-order chi connectivity index (χ1) is 5.31. The zero-order chi connectivity index (χ0) is 8.27. The lowest BCUT2D eigenvalue weighted by atomic mass is 10.1. The van der Waals surface area contributed by atoms with Crippen molar-refractivity contribution in [3.63, 3.8) is 0 Å². The van der Waals surface area contributed by atoms with E-state index in [4.69, 9.17) is 0 Å². The van der Waals surface area contributed by atoms with Gasteiger partial charge < -0.3 is 0 Å². The molecule has 0 aliphatic heterocycles. The van der Waals surface area contributed by atoms with Gasteiger partial charge in [0.2, 0.25) is 0 Å². The van der Waals surface area contributed by atoms with Crippen molar-refractivity contribution in [3.8, 4) is 0 Å². The summed E-state index contributed by atoms with van der Waals surface area (Å²) in [5, 5.41) is 0. The van der Waals surface area contributed by atoms with Crippen LogP contribution in [0, 0.1) is 0 Å². The van der Waals surface area contributed by atoms with Crippen LogP contribution in [0.1, 0.15) is 46.5 Å². The SMILES string of the molecule is CC=C1CC(CC)=C(CC)C1. The van der Waals surface area contributed by atoms with E-state index in [-0.39, 0.29) is 0 Å². The number of hydrogen-bond donors (Lipinski definition) is 0. The van der Waals surface area contributed by atoms with Crippen molar-refractivity contribution in [3.05, 3.63) is 22.8 Å². The lowest BCUT2D eigenvalue weighted by Crippen LogP contribution is -1.78. The average Bonchev–Trinajstić information content (AvgIpc) is 2.46. The molecule has 0 fully saturated rings. The second-order valence-electron chi connectivity index (χ2n) is 3.21. The van der Waals surface area contributed by atoms with Crippen LogP contribution in [0.15, 0.2) is 22.8 Å². The zero-order valence-corrected chi connectivity index (χ0v) is 7.91. The maximum atomic E-state index is 2.28. The molecule has 1 aliphatic carbocycles. The molecule has 0 amide bonds. The van der Waals surface area contributed by atoms with Gasteiger partial charge in [-0.25, -0.2) is 0 Å². The highest BCUT2D eigenvalue weighted by atomic mass is 14.2. The molecule has 0 aromatic heterocycles. The summed E-state index contributed by atoms with van der Waals surface area (Å²) in [6, 6.07) is 0. The quantitative estimate of drug-likeness (QED) is 0.524. The smallest absolute Gasteiger partial charge is 0.0103 e. The van der Waals surface area contributed by atoms with Gasteiger partial charge >= 0.3 is 0 Å². The van der Waals surface area contributed by atoms with Gasteiger partial charge in [0.05, 0.1) is 0 Å². The van der Waals surface area contributed by atoms with E-state index >= 15 is 0 Å². The van der Waals surface area contributed by atoms with Crippen molar-refractivity contribution in [2.75, 3.05) is 0 Å². The Morgan fingerprint density at radius 2 is 1.55 bits per heavy atom. The molecule has 0 saturated carbocycles. The Morgan fingerprint density at radius 1 is 1.09 bits per heavy atom. The number of allylic oxidation sites excluding steroid dienone is 4. The van der Waals surface area contributed by atoms with E-state index in [0.717, 1.165) is 0 Å². The summed E-state index contributed by atoms with van der Waals surface area (Å²) in [4.78, 5) is 0. The minimum Gasteiger partial charge on any atom is -0.0878 e. The van der Waals surface area contributed by atoms with Gasteiger partial charge in [-0.1, -0.05) is 36.6 Å². The highest BCUT2D eigenvalue weighted by molar-refractivity contribution is 5.32. The Labute approximate surface area is 70.0 Å². The first-order valence-electron chi connectivity index (χ1n) is 4.65. The molecule has 1 aliphatic rings. The molecule has 0 aromatic rings. The van der Waals surface area contributed by atoms with E-state index in [1.807, 2.05) is 0 Å². The third-order valence-corrected chi connectivity index (χ3v) is 2.64. The van der Waals surface area contributed by atoms with Gasteiger partial charge in [-0.05, 0) is 32.6 Å². The van der Waals surface area contributed by atoms with Crippen LogP contribution in [0.5, 0.6) is 0 Å². The summed E-state index contributed by atoms with van der Waals surface area (Å²) in [7, 11) is 0. The Morgan fingerprint density at radius 3 is 1.82 bits per heavy atom. The van der Waals surface area contributed by atoms with E-state index in [0.29, 0.717) is 0 Å². The number of hydrogen-bond acceptors (Lipinski definition) is 0. The van der Waals surface area contributed by atoms with Gasteiger partial charge in [0.15, 0.2) is 0 Å². The normalized spacial score (nSPS) is 17.9. The molecule has 0 unspecified atom stereocenters. The molecule has 0 heterocycles. The molecule has 0 heteroatoms. The lowest BCUT2D eigenvalue weighted by molar-refractivity contribution is 0.985. The maximum absolute atomic E-state index is 2.28. The predicted octanol–water partition coefficient (Wildman–Crippen LogP) is 3.84. The van der Waals surface area contributed by atoms with Crippen LogP contribution in [0.4, 0.5) is 0 Å². The van der Waals surface area contributed by atoms with E-state index in [9.17, 15) is 0 Å². The molecule has 0 atom stereocenters. The molecular weight excluding hydrogens is 132 g/mol. The fourth-order valence-corrected chi connectivity index (χ4v) is 1.81. The second-order valence-corrected chi connectivity index (χ2v) is 3.21. The molecule has 0 spiro atoms. The molecule has 0 N–H and O–H groups in total. The molecule has 11 heavy (non-hydrogen) atoms. The van der Waals surface area contributed by atoms with Crippen LogP contribution in [0.3, 0.4) is 0 Å². The Balaban J connectivity index is 2.71. The minimum absolute atomic E-state index is 1.25. The van der Waals surface area contributed by atoms with Crippen LogP contribution >= 0.6 is 0 Å². The van der Waals surface area contributed by atoms with Crippen molar-refractivity contribution >= 4 is 0 Å². The third-order valence-electron chi connectivity index (χ3n) is 2.64. The molecule has 0 radical (unpaired) electrons. The minimum atomic E-state index is 1.25. The van der Waals surface area contributed by atoms with Crippen LogP contribution in [-0.2, 0) is 0 Å². The first kappa shape index (κ1) is 8.58. The summed E-state index contributed by atoms with van der Waals surface area (Å²) in [5.41, 5.74) is 5.01. The van der Waals surface area contributed by atoms with Gasteiger partial charge in [-0.2, -0.15) is 0 Å². The fourth-order valence-electron chi connectivity index (χ4n) is 1.81. The van der Waals surface area contributed by atoms with Gasteiger partial charge in [0.1, 0.15) is 0 Å². The molecule has 0 saturated heterocycles. The molecule has 0 bridgehead atoms. The summed E-state index contributed by atoms with van der Waals surface area (Å²) < 4.78 is 0. The van der Waals surface area contributed by atoms with Crippen LogP contribution < -0.4 is 0 Å². The third kappa shape index (κ3) is 1.74. The molecule has 0 nitrogen and oxygen atoms in total.